The Morgan fingerprint density at radius 1 is 1.52 bits per heavy atom. The van der Waals surface area contributed by atoms with Crippen molar-refractivity contribution in [1.29, 1.82) is 0 Å². The highest BCUT2D eigenvalue weighted by atomic mass is 16.6. The Balaban J connectivity index is 2.04. The predicted octanol–water partition coefficient (Wildman–Crippen LogP) is -0.0107. The summed E-state index contributed by atoms with van der Waals surface area (Å²) < 4.78 is 1.29. The van der Waals surface area contributed by atoms with E-state index in [1.165, 1.54) is 23.0 Å². The molecule has 0 aliphatic heterocycles. The highest BCUT2D eigenvalue weighted by Gasteiger charge is 2.12. The molecular weight excluding hydrogens is 280 g/mol. The molecular formula is C11H12N6O4. The van der Waals surface area contributed by atoms with E-state index in [1.54, 1.807) is 0 Å². The molecule has 2 aromatic rings. The molecule has 110 valence electrons. The van der Waals surface area contributed by atoms with Crippen LogP contribution in [0.4, 0.5) is 11.4 Å². The number of nitrogens with zero attached hydrogens (tertiary/aromatic N) is 4. The van der Waals surface area contributed by atoms with Crippen LogP contribution in [0.1, 0.15) is 5.69 Å². The van der Waals surface area contributed by atoms with Gasteiger partial charge in [-0.15, -0.1) is 5.10 Å². The van der Waals surface area contributed by atoms with Crippen molar-refractivity contribution in [3.8, 4) is 5.75 Å². The summed E-state index contributed by atoms with van der Waals surface area (Å²) in [5.74, 6) is -0.855. The van der Waals surface area contributed by atoms with Crippen molar-refractivity contribution < 1.29 is 14.8 Å². The molecule has 0 unspecified atom stereocenters. The van der Waals surface area contributed by atoms with Crippen LogP contribution in [0.5, 0.6) is 5.75 Å². The van der Waals surface area contributed by atoms with Crippen LogP contribution < -0.4 is 11.1 Å². The van der Waals surface area contributed by atoms with Gasteiger partial charge in [0.1, 0.15) is 12.3 Å². The first-order chi connectivity index (χ1) is 9.99. The van der Waals surface area contributed by atoms with Gasteiger partial charge >= 0.3 is 0 Å². The minimum absolute atomic E-state index is 0.0739. The zero-order valence-corrected chi connectivity index (χ0v) is 10.8. The fourth-order valence-electron chi connectivity index (χ4n) is 1.59. The lowest BCUT2D eigenvalue weighted by molar-refractivity contribution is -0.384. The van der Waals surface area contributed by atoms with Gasteiger partial charge in [-0.1, -0.05) is 5.21 Å². The zero-order valence-electron chi connectivity index (χ0n) is 10.8. The van der Waals surface area contributed by atoms with Crippen LogP contribution in [-0.2, 0) is 17.9 Å². The molecule has 2 rings (SSSR count). The first kappa shape index (κ1) is 14.4. The Bertz CT molecular complexity index is 683. The summed E-state index contributed by atoms with van der Waals surface area (Å²) in [6.45, 7) is 0.0915. The van der Waals surface area contributed by atoms with Crippen molar-refractivity contribution in [1.82, 2.24) is 15.0 Å². The van der Waals surface area contributed by atoms with Crippen molar-refractivity contribution in [3.63, 3.8) is 0 Å². The van der Waals surface area contributed by atoms with Gasteiger partial charge in [-0.2, -0.15) is 0 Å². The largest absolute Gasteiger partial charge is 0.506 e. The van der Waals surface area contributed by atoms with Crippen molar-refractivity contribution in [3.05, 3.63) is 40.2 Å². The lowest BCUT2D eigenvalue weighted by Crippen LogP contribution is -2.19. The van der Waals surface area contributed by atoms with E-state index >= 15 is 0 Å². The molecule has 0 aliphatic carbocycles. The summed E-state index contributed by atoms with van der Waals surface area (Å²) in [7, 11) is 0. The second-order valence-corrected chi connectivity index (χ2v) is 4.12. The van der Waals surface area contributed by atoms with E-state index in [9.17, 15) is 20.0 Å². The van der Waals surface area contributed by atoms with Crippen LogP contribution >= 0.6 is 0 Å². The van der Waals surface area contributed by atoms with Crippen molar-refractivity contribution in [2.45, 2.75) is 13.1 Å². The van der Waals surface area contributed by atoms with Gasteiger partial charge in [-0.05, 0) is 6.07 Å². The number of carbonyl (C=O) groups is 1. The molecule has 1 aromatic carbocycles. The number of aromatic nitrogens is 3. The summed E-state index contributed by atoms with van der Waals surface area (Å²) in [5, 5.41) is 30.0. The standard InChI is InChI=1S/C11H12N6O4/c12-4-7-5-16(15-14-7)6-11(19)13-9-2-1-8(17(20)21)3-10(9)18/h1-3,5,18H,4,6,12H2,(H,13,19). The maximum Gasteiger partial charge on any atom is 0.273 e. The molecule has 4 N–H and O–H groups in total. The molecule has 0 saturated carbocycles. The highest BCUT2D eigenvalue weighted by molar-refractivity contribution is 5.92. The molecule has 0 spiro atoms. The lowest BCUT2D eigenvalue weighted by Gasteiger charge is -2.06. The molecule has 0 saturated heterocycles. The fraction of sp³-hybridized carbons (Fsp3) is 0.182. The number of hydrogen-bond acceptors (Lipinski definition) is 7. The first-order valence-corrected chi connectivity index (χ1v) is 5.86. The number of nitrogens with one attached hydrogen (secondary N) is 1. The molecule has 10 nitrogen and oxygen atoms in total. The molecule has 1 amide bonds. The number of rotatable bonds is 5. The molecule has 0 atom stereocenters. The third-order valence-corrected chi connectivity index (χ3v) is 2.57. The van der Waals surface area contributed by atoms with E-state index in [4.69, 9.17) is 5.73 Å². The number of carbonyl (C=O) groups excluding carboxylic acids is 1. The van der Waals surface area contributed by atoms with E-state index in [1.807, 2.05) is 0 Å². The van der Waals surface area contributed by atoms with Gasteiger partial charge in [-0.25, -0.2) is 4.68 Å². The Kier molecular flexibility index (Phi) is 4.09. The Morgan fingerprint density at radius 2 is 2.29 bits per heavy atom. The van der Waals surface area contributed by atoms with Gasteiger partial charge in [0, 0.05) is 12.6 Å². The number of anilines is 1. The van der Waals surface area contributed by atoms with Gasteiger partial charge in [-0.3, -0.25) is 14.9 Å². The van der Waals surface area contributed by atoms with Crippen LogP contribution in [0.15, 0.2) is 24.4 Å². The van der Waals surface area contributed by atoms with Gasteiger partial charge < -0.3 is 16.2 Å². The Morgan fingerprint density at radius 3 is 2.86 bits per heavy atom. The van der Waals surface area contributed by atoms with Crippen molar-refractivity contribution in [2.24, 2.45) is 5.73 Å². The van der Waals surface area contributed by atoms with E-state index < -0.39 is 16.6 Å². The summed E-state index contributed by atoms with van der Waals surface area (Å²) in [6.07, 6.45) is 1.52. The smallest absolute Gasteiger partial charge is 0.273 e. The lowest BCUT2D eigenvalue weighted by atomic mass is 10.2. The SMILES string of the molecule is NCc1cn(CC(=O)Nc2ccc([N+](=O)[O-])cc2O)nn1. The quantitative estimate of drug-likeness (QED) is 0.398. The van der Waals surface area contributed by atoms with E-state index in [0.717, 1.165) is 6.07 Å². The maximum absolute atomic E-state index is 11.8. The number of amides is 1. The normalized spacial score (nSPS) is 10.3. The molecule has 0 fully saturated rings. The van der Waals surface area contributed by atoms with Gasteiger partial charge in [0.05, 0.1) is 28.6 Å². The van der Waals surface area contributed by atoms with E-state index in [2.05, 4.69) is 15.6 Å². The minimum Gasteiger partial charge on any atom is -0.506 e. The molecule has 0 radical (unpaired) electrons. The van der Waals surface area contributed by atoms with Gasteiger partial charge in [0.2, 0.25) is 5.91 Å². The second kappa shape index (κ2) is 5.96. The summed E-state index contributed by atoms with van der Waals surface area (Å²) in [5.41, 5.74) is 5.72. The Hall–Kier alpha value is -3.01. The third-order valence-electron chi connectivity index (χ3n) is 2.57. The fourth-order valence-corrected chi connectivity index (χ4v) is 1.59. The van der Waals surface area contributed by atoms with Crippen LogP contribution in [0, 0.1) is 10.1 Å². The van der Waals surface area contributed by atoms with Crippen LogP contribution in [-0.4, -0.2) is 30.9 Å². The summed E-state index contributed by atoms with van der Waals surface area (Å²) in [4.78, 5) is 21.7. The van der Waals surface area contributed by atoms with E-state index in [-0.39, 0.29) is 24.5 Å². The monoisotopic (exact) mass is 292 g/mol. The molecule has 10 heteroatoms. The number of nitro groups is 1. The van der Waals surface area contributed by atoms with Gasteiger partial charge in [0.25, 0.3) is 5.69 Å². The predicted molar refractivity (Wildman–Crippen MR) is 71.3 cm³/mol. The summed E-state index contributed by atoms with van der Waals surface area (Å²) in [6, 6.07) is 3.38. The molecule has 1 heterocycles. The number of phenols is 1. The number of phenolic OH excluding ortho intramolecular Hbond substituents is 1. The topological polar surface area (TPSA) is 149 Å². The van der Waals surface area contributed by atoms with Crippen LogP contribution in [0.2, 0.25) is 0 Å². The van der Waals surface area contributed by atoms with Crippen molar-refractivity contribution in [2.75, 3.05) is 5.32 Å². The zero-order chi connectivity index (χ0) is 15.4. The molecule has 21 heavy (non-hydrogen) atoms. The number of nitro benzene ring substituents is 1. The van der Waals surface area contributed by atoms with Gasteiger partial charge in [0.15, 0.2) is 0 Å². The van der Waals surface area contributed by atoms with Crippen molar-refractivity contribution >= 4 is 17.3 Å². The van der Waals surface area contributed by atoms with Crippen LogP contribution in [0.3, 0.4) is 0 Å². The highest BCUT2D eigenvalue weighted by Crippen LogP contribution is 2.27. The third kappa shape index (κ3) is 3.51. The summed E-state index contributed by atoms with van der Waals surface area (Å²) >= 11 is 0. The average molecular weight is 292 g/mol. The first-order valence-electron chi connectivity index (χ1n) is 5.86. The Labute approximate surface area is 118 Å². The molecule has 0 bridgehead atoms. The number of benzene rings is 1. The minimum atomic E-state index is -0.644. The number of nitrogens with two attached hydrogens (primary N) is 1. The number of hydrogen-bond donors (Lipinski definition) is 3. The number of non-ortho nitro benzene ring substituents is 1. The second-order valence-electron chi connectivity index (χ2n) is 4.12. The maximum atomic E-state index is 11.8. The molecule has 0 aliphatic rings. The average Bonchev–Trinajstić information content (AvgIpc) is 2.88. The number of aromatic hydroxyl groups is 1. The van der Waals surface area contributed by atoms with E-state index in [0.29, 0.717) is 5.69 Å². The molecule has 1 aromatic heterocycles. The van der Waals surface area contributed by atoms with Crippen LogP contribution in [0.25, 0.3) is 0 Å².